The molecular weight excluding hydrogens is 271 g/mol. The SMILES string of the molecule is O=C(N[C@H]1CCC[C@H]1Cc1ccc(F)cc1)c1ncn[nH]1. The fraction of sp³-hybridized carbons (Fsp3) is 0.400. The summed E-state index contributed by atoms with van der Waals surface area (Å²) in [6, 6.07) is 6.71. The molecule has 0 saturated heterocycles. The smallest absolute Gasteiger partial charge is 0.288 e. The zero-order valence-electron chi connectivity index (χ0n) is 11.6. The molecule has 0 unspecified atom stereocenters. The van der Waals surface area contributed by atoms with Crippen LogP contribution in [-0.4, -0.2) is 27.1 Å². The lowest BCUT2D eigenvalue weighted by atomic mass is 9.94. The van der Waals surface area contributed by atoms with E-state index < -0.39 is 0 Å². The van der Waals surface area contributed by atoms with Crippen LogP contribution < -0.4 is 5.32 Å². The van der Waals surface area contributed by atoms with E-state index in [9.17, 15) is 9.18 Å². The van der Waals surface area contributed by atoms with Gasteiger partial charge in [-0.3, -0.25) is 9.89 Å². The Balaban J connectivity index is 1.62. The van der Waals surface area contributed by atoms with Crippen LogP contribution in [0.5, 0.6) is 0 Å². The Morgan fingerprint density at radius 3 is 2.86 bits per heavy atom. The maximum atomic E-state index is 12.9. The minimum absolute atomic E-state index is 0.132. The van der Waals surface area contributed by atoms with Gasteiger partial charge in [0, 0.05) is 6.04 Å². The topological polar surface area (TPSA) is 70.7 Å². The van der Waals surface area contributed by atoms with Crippen LogP contribution in [0.2, 0.25) is 0 Å². The maximum absolute atomic E-state index is 12.9. The van der Waals surface area contributed by atoms with Gasteiger partial charge in [-0.25, -0.2) is 9.37 Å². The lowest BCUT2D eigenvalue weighted by Gasteiger charge is -2.20. The number of nitrogens with one attached hydrogen (secondary N) is 2. The van der Waals surface area contributed by atoms with E-state index in [-0.39, 0.29) is 23.6 Å². The zero-order chi connectivity index (χ0) is 14.7. The first-order valence-corrected chi connectivity index (χ1v) is 7.13. The molecule has 6 heteroatoms. The summed E-state index contributed by atoms with van der Waals surface area (Å²) in [5, 5.41) is 9.26. The number of aromatic amines is 1. The average Bonchev–Trinajstić information content (AvgIpc) is 3.14. The molecule has 0 radical (unpaired) electrons. The number of carbonyl (C=O) groups excluding carboxylic acids is 1. The van der Waals surface area contributed by atoms with Gasteiger partial charge >= 0.3 is 0 Å². The second-order valence-corrected chi connectivity index (χ2v) is 5.44. The van der Waals surface area contributed by atoms with E-state index in [2.05, 4.69) is 20.5 Å². The third-order valence-corrected chi connectivity index (χ3v) is 4.02. The summed E-state index contributed by atoms with van der Waals surface area (Å²) < 4.78 is 12.9. The Kier molecular flexibility index (Phi) is 3.94. The van der Waals surface area contributed by atoms with E-state index in [4.69, 9.17) is 0 Å². The van der Waals surface area contributed by atoms with E-state index in [0.29, 0.717) is 5.92 Å². The fourth-order valence-electron chi connectivity index (χ4n) is 2.95. The summed E-state index contributed by atoms with van der Waals surface area (Å²) in [5.41, 5.74) is 1.10. The lowest BCUT2D eigenvalue weighted by molar-refractivity contribution is 0.0917. The van der Waals surface area contributed by atoms with Crippen LogP contribution in [0.25, 0.3) is 0 Å². The predicted octanol–water partition coefficient (Wildman–Crippen LogP) is 2.08. The number of rotatable bonds is 4. The quantitative estimate of drug-likeness (QED) is 0.905. The molecule has 1 aliphatic rings. The van der Waals surface area contributed by atoms with Gasteiger partial charge in [0.1, 0.15) is 12.1 Å². The summed E-state index contributed by atoms with van der Waals surface area (Å²) in [6.45, 7) is 0. The second-order valence-electron chi connectivity index (χ2n) is 5.44. The highest BCUT2D eigenvalue weighted by Gasteiger charge is 2.29. The van der Waals surface area contributed by atoms with Crippen molar-refractivity contribution in [1.29, 1.82) is 0 Å². The average molecular weight is 288 g/mol. The second kappa shape index (κ2) is 6.03. The molecule has 1 fully saturated rings. The minimum Gasteiger partial charge on any atom is -0.346 e. The Hall–Kier alpha value is -2.24. The first-order valence-electron chi connectivity index (χ1n) is 7.13. The number of hydrogen-bond acceptors (Lipinski definition) is 3. The van der Waals surface area contributed by atoms with E-state index in [1.807, 2.05) is 12.1 Å². The van der Waals surface area contributed by atoms with Crippen LogP contribution in [0.1, 0.15) is 35.4 Å². The molecule has 1 saturated carbocycles. The molecule has 2 aromatic rings. The number of halogens is 1. The molecule has 1 heterocycles. The molecule has 0 bridgehead atoms. The van der Waals surface area contributed by atoms with Crippen LogP contribution in [0, 0.1) is 11.7 Å². The molecular formula is C15H17FN4O. The van der Waals surface area contributed by atoms with Crippen molar-refractivity contribution in [2.24, 2.45) is 5.92 Å². The van der Waals surface area contributed by atoms with E-state index in [1.54, 1.807) is 0 Å². The molecule has 2 N–H and O–H groups in total. The van der Waals surface area contributed by atoms with Crippen LogP contribution in [0.3, 0.4) is 0 Å². The molecule has 3 rings (SSSR count). The van der Waals surface area contributed by atoms with Crippen molar-refractivity contribution in [2.45, 2.75) is 31.7 Å². The molecule has 0 spiro atoms. The summed E-state index contributed by atoms with van der Waals surface area (Å²) in [6.07, 6.45) is 5.29. The predicted molar refractivity (Wildman–Crippen MR) is 75.1 cm³/mol. The van der Waals surface area contributed by atoms with Crippen molar-refractivity contribution in [1.82, 2.24) is 20.5 Å². The number of H-pyrrole nitrogens is 1. The highest BCUT2D eigenvalue weighted by atomic mass is 19.1. The van der Waals surface area contributed by atoms with Gasteiger partial charge in [-0.15, -0.1) is 0 Å². The normalized spacial score (nSPS) is 21.4. The van der Waals surface area contributed by atoms with E-state index in [1.165, 1.54) is 18.5 Å². The van der Waals surface area contributed by atoms with Crippen LogP contribution in [0.4, 0.5) is 4.39 Å². The first-order chi connectivity index (χ1) is 10.2. The number of aromatic nitrogens is 3. The minimum atomic E-state index is -0.222. The zero-order valence-corrected chi connectivity index (χ0v) is 11.6. The molecule has 0 aliphatic heterocycles. The third kappa shape index (κ3) is 3.26. The Bertz CT molecular complexity index is 597. The summed E-state index contributed by atoms with van der Waals surface area (Å²) in [4.78, 5) is 15.9. The number of carbonyl (C=O) groups is 1. The summed E-state index contributed by atoms with van der Waals surface area (Å²) >= 11 is 0. The first kappa shape index (κ1) is 13.7. The van der Waals surface area contributed by atoms with Gasteiger partial charge in [-0.1, -0.05) is 18.6 Å². The Labute approximate surface area is 122 Å². The standard InChI is InChI=1S/C15H17FN4O/c16-12-6-4-10(5-7-12)8-11-2-1-3-13(11)19-15(21)14-17-9-18-20-14/h4-7,9,11,13H,1-3,8H2,(H,19,21)(H,17,18,20)/t11-,13-/m0/s1. The number of benzene rings is 1. The van der Waals surface area contributed by atoms with Crippen molar-refractivity contribution in [3.8, 4) is 0 Å². The van der Waals surface area contributed by atoms with E-state index in [0.717, 1.165) is 31.2 Å². The number of nitrogens with zero attached hydrogens (tertiary/aromatic N) is 2. The van der Waals surface area contributed by atoms with Gasteiger partial charge < -0.3 is 5.32 Å². The van der Waals surface area contributed by atoms with Crippen molar-refractivity contribution in [2.75, 3.05) is 0 Å². The monoisotopic (exact) mass is 288 g/mol. The van der Waals surface area contributed by atoms with Crippen LogP contribution in [0.15, 0.2) is 30.6 Å². The molecule has 5 nitrogen and oxygen atoms in total. The maximum Gasteiger partial charge on any atom is 0.288 e. The Morgan fingerprint density at radius 2 is 2.14 bits per heavy atom. The van der Waals surface area contributed by atoms with Crippen molar-refractivity contribution < 1.29 is 9.18 Å². The molecule has 1 amide bonds. The van der Waals surface area contributed by atoms with Gasteiger partial charge in [-0.2, -0.15) is 5.10 Å². The number of hydrogen-bond donors (Lipinski definition) is 2. The fourth-order valence-corrected chi connectivity index (χ4v) is 2.95. The number of amides is 1. The third-order valence-electron chi connectivity index (χ3n) is 4.02. The van der Waals surface area contributed by atoms with Crippen LogP contribution >= 0.6 is 0 Å². The highest BCUT2D eigenvalue weighted by molar-refractivity contribution is 5.90. The highest BCUT2D eigenvalue weighted by Crippen LogP contribution is 2.29. The van der Waals surface area contributed by atoms with Gasteiger partial charge in [0.2, 0.25) is 5.82 Å². The summed E-state index contributed by atoms with van der Waals surface area (Å²) in [5.74, 6) is 0.175. The van der Waals surface area contributed by atoms with Gasteiger partial charge in [0.05, 0.1) is 0 Å². The van der Waals surface area contributed by atoms with Crippen molar-refractivity contribution in [3.05, 3.63) is 47.8 Å². The summed E-state index contributed by atoms with van der Waals surface area (Å²) in [7, 11) is 0. The van der Waals surface area contributed by atoms with Crippen molar-refractivity contribution >= 4 is 5.91 Å². The van der Waals surface area contributed by atoms with Gasteiger partial charge in [0.25, 0.3) is 5.91 Å². The lowest BCUT2D eigenvalue weighted by Crippen LogP contribution is -2.38. The van der Waals surface area contributed by atoms with Crippen molar-refractivity contribution in [3.63, 3.8) is 0 Å². The molecule has 21 heavy (non-hydrogen) atoms. The molecule has 1 aliphatic carbocycles. The largest absolute Gasteiger partial charge is 0.346 e. The van der Waals surface area contributed by atoms with Gasteiger partial charge in [-0.05, 0) is 42.9 Å². The molecule has 1 aromatic carbocycles. The van der Waals surface area contributed by atoms with Crippen LogP contribution in [-0.2, 0) is 6.42 Å². The Morgan fingerprint density at radius 1 is 1.33 bits per heavy atom. The molecule has 1 aromatic heterocycles. The molecule has 110 valence electrons. The van der Waals surface area contributed by atoms with E-state index >= 15 is 0 Å². The molecule has 2 atom stereocenters. The van der Waals surface area contributed by atoms with Gasteiger partial charge in [0.15, 0.2) is 0 Å².